The molecule has 0 bridgehead atoms. The fourth-order valence-electron chi connectivity index (χ4n) is 2.15. The summed E-state index contributed by atoms with van der Waals surface area (Å²) in [6.07, 6.45) is 2.52. The molecule has 1 aromatic rings. The lowest BCUT2D eigenvalue weighted by Crippen LogP contribution is -2.09. The molecule has 1 heterocycles. The fourth-order valence-corrected chi connectivity index (χ4v) is 3.43. The summed E-state index contributed by atoms with van der Waals surface area (Å²) in [6.45, 7) is 1.11. The molecule has 0 amide bonds. The minimum absolute atomic E-state index is 0.712. The number of benzene rings is 1. The van der Waals surface area contributed by atoms with E-state index in [1.54, 1.807) is 7.11 Å². The van der Waals surface area contributed by atoms with E-state index in [1.807, 2.05) is 18.8 Å². The molecule has 1 atom stereocenters. The summed E-state index contributed by atoms with van der Waals surface area (Å²) < 4.78 is 5.29. The Kier molecular flexibility index (Phi) is 4.13. The lowest BCUT2D eigenvalue weighted by molar-refractivity contribution is 0.413. The third-order valence-electron chi connectivity index (χ3n) is 3.08. The van der Waals surface area contributed by atoms with Crippen LogP contribution in [0.2, 0.25) is 0 Å². The van der Waals surface area contributed by atoms with Crippen molar-refractivity contribution in [1.82, 2.24) is 5.32 Å². The highest BCUT2D eigenvalue weighted by atomic mass is 32.2. The van der Waals surface area contributed by atoms with E-state index >= 15 is 0 Å². The van der Waals surface area contributed by atoms with Crippen LogP contribution in [0, 0.1) is 0 Å². The van der Waals surface area contributed by atoms with Crippen LogP contribution in [-0.2, 0) is 0 Å². The molecule has 1 aliphatic heterocycles. The summed E-state index contributed by atoms with van der Waals surface area (Å²) in [4.78, 5) is 1.44. The molecule has 88 valence electrons. The van der Waals surface area contributed by atoms with Gasteiger partial charge in [-0.05, 0) is 56.1 Å². The van der Waals surface area contributed by atoms with Crippen LogP contribution in [0.1, 0.15) is 24.3 Å². The van der Waals surface area contributed by atoms with Crippen LogP contribution in [-0.4, -0.2) is 26.5 Å². The van der Waals surface area contributed by atoms with Crippen LogP contribution in [0.15, 0.2) is 23.1 Å². The van der Waals surface area contributed by atoms with E-state index in [9.17, 15) is 0 Å². The van der Waals surface area contributed by atoms with Crippen LogP contribution in [0.25, 0.3) is 0 Å². The van der Waals surface area contributed by atoms with Crippen molar-refractivity contribution >= 4 is 11.8 Å². The molecule has 0 fully saturated rings. The number of ether oxygens (including phenoxy) is 1. The normalized spacial score (nSPS) is 18.5. The van der Waals surface area contributed by atoms with Crippen molar-refractivity contribution < 1.29 is 4.74 Å². The van der Waals surface area contributed by atoms with Gasteiger partial charge in [0.1, 0.15) is 5.75 Å². The maximum absolute atomic E-state index is 5.29. The number of hydrogen-bond donors (Lipinski definition) is 1. The van der Waals surface area contributed by atoms with Crippen molar-refractivity contribution in [3.63, 3.8) is 0 Å². The minimum atomic E-state index is 0.712. The predicted octanol–water partition coefficient (Wildman–Crippen LogP) is 2.88. The van der Waals surface area contributed by atoms with Gasteiger partial charge in [0.2, 0.25) is 0 Å². The Balaban J connectivity index is 2.05. The molecule has 0 aliphatic carbocycles. The van der Waals surface area contributed by atoms with Crippen LogP contribution < -0.4 is 10.1 Å². The van der Waals surface area contributed by atoms with Gasteiger partial charge in [-0.15, -0.1) is 11.8 Å². The Bertz CT molecular complexity index is 354. The van der Waals surface area contributed by atoms with Crippen molar-refractivity contribution in [2.75, 3.05) is 26.5 Å². The zero-order valence-electron chi connectivity index (χ0n) is 9.95. The van der Waals surface area contributed by atoms with Gasteiger partial charge in [0, 0.05) is 10.6 Å². The first-order valence-corrected chi connectivity index (χ1v) is 6.79. The standard InChI is InChI=1S/C13H19NOS/c1-14-7-3-4-10-9-16-13-6-5-11(15-2)8-12(10)13/h5-6,8,10,14H,3-4,7,9H2,1-2H3. The van der Waals surface area contributed by atoms with Crippen LogP contribution in [0.3, 0.4) is 0 Å². The first kappa shape index (κ1) is 11.8. The molecular weight excluding hydrogens is 218 g/mol. The Morgan fingerprint density at radius 1 is 1.50 bits per heavy atom. The van der Waals surface area contributed by atoms with Crippen LogP contribution in [0.4, 0.5) is 0 Å². The van der Waals surface area contributed by atoms with E-state index in [2.05, 4.69) is 23.5 Å². The molecule has 0 saturated carbocycles. The summed E-state index contributed by atoms with van der Waals surface area (Å²) in [5.74, 6) is 2.93. The van der Waals surface area contributed by atoms with Gasteiger partial charge in [-0.2, -0.15) is 0 Å². The molecule has 0 aromatic heterocycles. The number of rotatable bonds is 5. The van der Waals surface area contributed by atoms with Crippen molar-refractivity contribution in [3.05, 3.63) is 23.8 Å². The van der Waals surface area contributed by atoms with Crippen molar-refractivity contribution in [3.8, 4) is 5.75 Å². The van der Waals surface area contributed by atoms with Gasteiger partial charge in [0.15, 0.2) is 0 Å². The highest BCUT2D eigenvalue weighted by molar-refractivity contribution is 7.99. The summed E-state index contributed by atoms with van der Waals surface area (Å²) >= 11 is 1.98. The highest BCUT2D eigenvalue weighted by Crippen LogP contribution is 2.43. The first-order valence-electron chi connectivity index (χ1n) is 5.80. The van der Waals surface area contributed by atoms with Gasteiger partial charge < -0.3 is 10.1 Å². The monoisotopic (exact) mass is 237 g/mol. The molecule has 1 aromatic carbocycles. The quantitative estimate of drug-likeness (QED) is 0.796. The van der Waals surface area contributed by atoms with Crippen molar-refractivity contribution in [1.29, 1.82) is 0 Å². The molecule has 0 saturated heterocycles. The molecule has 2 rings (SSSR count). The number of thioether (sulfide) groups is 1. The minimum Gasteiger partial charge on any atom is -0.497 e. The molecule has 1 N–H and O–H groups in total. The zero-order valence-corrected chi connectivity index (χ0v) is 10.8. The molecule has 0 spiro atoms. The molecule has 1 aliphatic rings. The van der Waals surface area contributed by atoms with Gasteiger partial charge in [-0.1, -0.05) is 0 Å². The average molecular weight is 237 g/mol. The Morgan fingerprint density at radius 3 is 3.12 bits per heavy atom. The number of methoxy groups -OCH3 is 1. The third-order valence-corrected chi connectivity index (χ3v) is 4.33. The van der Waals surface area contributed by atoms with Gasteiger partial charge in [0.05, 0.1) is 7.11 Å². The summed E-state index contributed by atoms with van der Waals surface area (Å²) in [5, 5.41) is 3.21. The maximum atomic E-state index is 5.29. The fraction of sp³-hybridized carbons (Fsp3) is 0.538. The van der Waals surface area contributed by atoms with Gasteiger partial charge in [-0.3, -0.25) is 0 Å². The number of fused-ring (bicyclic) bond motifs is 1. The molecule has 2 nitrogen and oxygen atoms in total. The lowest BCUT2D eigenvalue weighted by Gasteiger charge is -2.11. The number of nitrogens with one attached hydrogen (secondary N) is 1. The Morgan fingerprint density at radius 2 is 2.38 bits per heavy atom. The van der Waals surface area contributed by atoms with E-state index in [0.717, 1.165) is 12.3 Å². The molecular formula is C13H19NOS. The first-order chi connectivity index (χ1) is 7.85. The van der Waals surface area contributed by atoms with E-state index in [0.29, 0.717) is 5.92 Å². The van der Waals surface area contributed by atoms with E-state index in [1.165, 1.54) is 29.1 Å². The third kappa shape index (κ3) is 2.53. The van der Waals surface area contributed by atoms with Crippen molar-refractivity contribution in [2.45, 2.75) is 23.7 Å². The molecule has 16 heavy (non-hydrogen) atoms. The maximum Gasteiger partial charge on any atom is 0.119 e. The zero-order chi connectivity index (χ0) is 11.4. The molecule has 1 unspecified atom stereocenters. The van der Waals surface area contributed by atoms with Gasteiger partial charge in [-0.25, -0.2) is 0 Å². The van der Waals surface area contributed by atoms with Crippen molar-refractivity contribution in [2.24, 2.45) is 0 Å². The smallest absolute Gasteiger partial charge is 0.119 e. The second kappa shape index (κ2) is 5.60. The van der Waals surface area contributed by atoms with Crippen LogP contribution in [0.5, 0.6) is 5.75 Å². The summed E-state index contributed by atoms with van der Waals surface area (Å²) in [6, 6.07) is 6.46. The second-order valence-electron chi connectivity index (χ2n) is 4.16. The van der Waals surface area contributed by atoms with Crippen LogP contribution >= 0.6 is 11.8 Å². The van der Waals surface area contributed by atoms with E-state index < -0.39 is 0 Å². The van der Waals surface area contributed by atoms with Gasteiger partial charge in [0.25, 0.3) is 0 Å². The largest absolute Gasteiger partial charge is 0.497 e. The van der Waals surface area contributed by atoms with E-state index in [4.69, 9.17) is 4.74 Å². The summed E-state index contributed by atoms with van der Waals surface area (Å²) in [5.41, 5.74) is 1.49. The molecule has 3 heteroatoms. The van der Waals surface area contributed by atoms with E-state index in [-0.39, 0.29) is 0 Å². The topological polar surface area (TPSA) is 21.3 Å². The summed E-state index contributed by atoms with van der Waals surface area (Å²) in [7, 11) is 3.75. The SMILES string of the molecule is CNCCCC1CSc2ccc(OC)cc21. The number of hydrogen-bond acceptors (Lipinski definition) is 3. The van der Waals surface area contributed by atoms with Gasteiger partial charge >= 0.3 is 0 Å². The Labute approximate surface area is 102 Å². The predicted molar refractivity (Wildman–Crippen MR) is 69.6 cm³/mol. The average Bonchev–Trinajstić information content (AvgIpc) is 2.72. The molecule has 0 radical (unpaired) electrons. The Hall–Kier alpha value is -0.670. The lowest BCUT2D eigenvalue weighted by atomic mass is 9.96. The second-order valence-corrected chi connectivity index (χ2v) is 5.22. The highest BCUT2D eigenvalue weighted by Gasteiger charge is 2.22.